The zero-order valence-corrected chi connectivity index (χ0v) is 18.4. The molecular weight excluding hydrogens is 416 g/mol. The van der Waals surface area contributed by atoms with E-state index in [0.29, 0.717) is 22.8 Å². The minimum absolute atomic E-state index is 0.146. The Morgan fingerprint density at radius 1 is 1.16 bits per heavy atom. The van der Waals surface area contributed by atoms with Gasteiger partial charge in [0.05, 0.1) is 16.3 Å². The zero-order valence-electron chi connectivity index (χ0n) is 17.6. The van der Waals surface area contributed by atoms with E-state index < -0.39 is 10.1 Å². The minimum Gasteiger partial charge on any atom is -0.338 e. The molecule has 1 aromatic heterocycles. The number of nitrogens with one attached hydrogen (secondary N) is 2. The Balaban J connectivity index is 1.97. The summed E-state index contributed by atoms with van der Waals surface area (Å²) in [6, 6.07) is 5.45. The SMILES string of the molecule is C=CC1=C(C)C(=O)NC1=Cc1[nH]c(N=Nc2ccc(S(=O)(=O)O)cc2)c(CCC)c1C. The molecule has 1 amide bonds. The Morgan fingerprint density at radius 2 is 1.84 bits per heavy atom. The normalized spacial score (nSPS) is 15.9. The molecule has 0 bridgehead atoms. The first-order chi connectivity index (χ1) is 14.7. The number of aromatic amines is 1. The lowest BCUT2D eigenvalue weighted by molar-refractivity contribution is -0.116. The van der Waals surface area contributed by atoms with Crippen molar-refractivity contribution in [3.05, 3.63) is 70.6 Å². The van der Waals surface area contributed by atoms with Gasteiger partial charge in [-0.05, 0) is 56.2 Å². The van der Waals surface area contributed by atoms with Crippen LogP contribution in [0.1, 0.15) is 37.1 Å². The highest BCUT2D eigenvalue weighted by Gasteiger charge is 2.22. The van der Waals surface area contributed by atoms with Gasteiger partial charge in [-0.1, -0.05) is 26.0 Å². The van der Waals surface area contributed by atoms with Gasteiger partial charge >= 0.3 is 0 Å². The highest BCUT2D eigenvalue weighted by Crippen LogP contribution is 2.31. The van der Waals surface area contributed by atoms with E-state index in [9.17, 15) is 13.2 Å². The topological polar surface area (TPSA) is 124 Å². The summed E-state index contributed by atoms with van der Waals surface area (Å²) < 4.78 is 31.4. The lowest BCUT2D eigenvalue weighted by atomic mass is 10.1. The Bertz CT molecular complexity index is 1230. The molecule has 0 saturated heterocycles. The van der Waals surface area contributed by atoms with Gasteiger partial charge in [0.15, 0.2) is 5.82 Å². The number of hydrogen-bond acceptors (Lipinski definition) is 5. The van der Waals surface area contributed by atoms with Crippen LogP contribution in [0.5, 0.6) is 0 Å². The predicted octanol–water partition coefficient (Wildman–Crippen LogP) is 4.91. The first kappa shape index (κ1) is 22.4. The van der Waals surface area contributed by atoms with Crippen molar-refractivity contribution >= 4 is 33.6 Å². The summed E-state index contributed by atoms with van der Waals surface area (Å²) in [5.41, 5.74) is 5.32. The smallest absolute Gasteiger partial charge is 0.294 e. The van der Waals surface area contributed by atoms with Crippen LogP contribution < -0.4 is 5.32 Å². The molecular formula is C22H24N4O4S. The highest BCUT2D eigenvalue weighted by molar-refractivity contribution is 7.85. The third kappa shape index (κ3) is 4.73. The third-order valence-electron chi connectivity index (χ3n) is 5.07. The Kier molecular flexibility index (Phi) is 6.37. The van der Waals surface area contributed by atoms with Crippen molar-refractivity contribution in [1.82, 2.24) is 10.3 Å². The summed E-state index contributed by atoms with van der Waals surface area (Å²) in [5, 5.41) is 11.4. The molecule has 3 N–H and O–H groups in total. The van der Waals surface area contributed by atoms with Crippen LogP contribution >= 0.6 is 0 Å². The fourth-order valence-electron chi connectivity index (χ4n) is 3.34. The number of H-pyrrole nitrogens is 1. The average molecular weight is 441 g/mol. The largest absolute Gasteiger partial charge is 0.338 e. The number of carbonyl (C=O) groups excluding carboxylic acids is 1. The van der Waals surface area contributed by atoms with Crippen LogP contribution in [0.2, 0.25) is 0 Å². The molecule has 9 heteroatoms. The van der Waals surface area contributed by atoms with Gasteiger partial charge in [-0.3, -0.25) is 9.35 Å². The second-order valence-electron chi connectivity index (χ2n) is 7.16. The first-order valence-electron chi connectivity index (χ1n) is 9.73. The van der Waals surface area contributed by atoms with E-state index in [1.807, 2.05) is 13.0 Å². The van der Waals surface area contributed by atoms with Crippen LogP contribution in [0.15, 0.2) is 68.9 Å². The van der Waals surface area contributed by atoms with E-state index in [-0.39, 0.29) is 10.8 Å². The van der Waals surface area contributed by atoms with E-state index >= 15 is 0 Å². The number of amides is 1. The second kappa shape index (κ2) is 8.83. The molecule has 0 atom stereocenters. The Labute approximate surface area is 181 Å². The van der Waals surface area contributed by atoms with Gasteiger partial charge < -0.3 is 10.3 Å². The number of allylic oxidation sites excluding steroid dienone is 1. The van der Waals surface area contributed by atoms with Crippen molar-refractivity contribution in [2.45, 2.75) is 38.5 Å². The number of benzene rings is 1. The van der Waals surface area contributed by atoms with E-state index in [4.69, 9.17) is 4.55 Å². The van der Waals surface area contributed by atoms with Crippen LogP contribution in [-0.4, -0.2) is 23.9 Å². The minimum atomic E-state index is -4.25. The van der Waals surface area contributed by atoms with Crippen LogP contribution in [0.4, 0.5) is 11.5 Å². The number of rotatable bonds is 7. The monoisotopic (exact) mass is 440 g/mol. The van der Waals surface area contributed by atoms with Gasteiger partial charge in [0, 0.05) is 22.4 Å². The van der Waals surface area contributed by atoms with Crippen molar-refractivity contribution in [1.29, 1.82) is 0 Å². The molecule has 2 heterocycles. The molecule has 0 fully saturated rings. The molecule has 1 aromatic carbocycles. The van der Waals surface area contributed by atoms with Crippen LogP contribution in [0.3, 0.4) is 0 Å². The molecule has 0 radical (unpaired) electrons. The van der Waals surface area contributed by atoms with Crippen molar-refractivity contribution in [2.75, 3.05) is 0 Å². The van der Waals surface area contributed by atoms with Crippen molar-refractivity contribution in [2.24, 2.45) is 10.2 Å². The molecule has 2 aromatic rings. The average Bonchev–Trinajstić information content (AvgIpc) is 3.16. The third-order valence-corrected chi connectivity index (χ3v) is 5.94. The number of azo groups is 1. The molecule has 31 heavy (non-hydrogen) atoms. The molecule has 0 aliphatic carbocycles. The lowest BCUT2D eigenvalue weighted by Crippen LogP contribution is -2.15. The fourth-order valence-corrected chi connectivity index (χ4v) is 3.82. The Hall–Kier alpha value is -3.30. The summed E-state index contributed by atoms with van der Waals surface area (Å²) in [6.45, 7) is 9.59. The fraction of sp³-hybridized carbons (Fsp3) is 0.227. The molecule has 1 aliphatic heterocycles. The Morgan fingerprint density at radius 3 is 2.42 bits per heavy atom. The second-order valence-corrected chi connectivity index (χ2v) is 8.59. The maximum Gasteiger partial charge on any atom is 0.294 e. The van der Waals surface area contributed by atoms with Gasteiger partial charge in [0.25, 0.3) is 16.0 Å². The number of nitrogens with zero attached hydrogens (tertiary/aromatic N) is 2. The molecule has 1 aliphatic rings. The van der Waals surface area contributed by atoms with Crippen molar-refractivity contribution in [3.8, 4) is 0 Å². The number of aromatic nitrogens is 1. The van der Waals surface area contributed by atoms with Crippen molar-refractivity contribution < 1.29 is 17.8 Å². The standard InChI is InChI=1S/C22H24N4O4S/c1-5-7-18-13(3)19(12-20-17(6-2)14(4)22(27)24-20)23-21(18)26-25-15-8-10-16(11-9-15)31(28,29)30/h6,8-12,23H,2,5,7H2,1,3-4H3,(H,24,27)(H,28,29,30). The lowest BCUT2D eigenvalue weighted by Gasteiger charge is -2.02. The molecule has 162 valence electrons. The van der Waals surface area contributed by atoms with Crippen LogP contribution in [-0.2, 0) is 21.3 Å². The number of carbonyl (C=O) groups is 1. The van der Waals surface area contributed by atoms with Crippen molar-refractivity contribution in [3.63, 3.8) is 0 Å². The predicted molar refractivity (Wildman–Crippen MR) is 119 cm³/mol. The van der Waals surface area contributed by atoms with E-state index in [2.05, 4.69) is 34.0 Å². The highest BCUT2D eigenvalue weighted by atomic mass is 32.2. The quantitative estimate of drug-likeness (QED) is 0.418. The first-order valence-corrected chi connectivity index (χ1v) is 11.2. The summed E-state index contributed by atoms with van der Waals surface area (Å²) in [6.07, 6.45) is 5.21. The van der Waals surface area contributed by atoms with Gasteiger partial charge in [-0.2, -0.15) is 8.42 Å². The van der Waals surface area contributed by atoms with Gasteiger partial charge in [-0.15, -0.1) is 10.2 Å². The summed E-state index contributed by atoms with van der Waals surface area (Å²) in [4.78, 5) is 15.0. The van der Waals surface area contributed by atoms with E-state index in [0.717, 1.165) is 35.2 Å². The molecule has 0 unspecified atom stereocenters. The molecule has 3 rings (SSSR count). The summed E-state index contributed by atoms with van der Waals surface area (Å²) in [5.74, 6) is 0.447. The zero-order chi connectivity index (χ0) is 22.8. The van der Waals surface area contributed by atoms with Crippen LogP contribution in [0.25, 0.3) is 6.08 Å². The maximum atomic E-state index is 12.0. The van der Waals surface area contributed by atoms with Crippen LogP contribution in [0, 0.1) is 6.92 Å². The van der Waals surface area contributed by atoms with E-state index in [1.54, 1.807) is 13.0 Å². The van der Waals surface area contributed by atoms with Gasteiger partial charge in [0.2, 0.25) is 0 Å². The van der Waals surface area contributed by atoms with E-state index in [1.165, 1.54) is 24.3 Å². The number of hydrogen-bond donors (Lipinski definition) is 3. The van der Waals surface area contributed by atoms with Gasteiger partial charge in [0.1, 0.15) is 0 Å². The molecule has 8 nitrogen and oxygen atoms in total. The maximum absolute atomic E-state index is 12.0. The van der Waals surface area contributed by atoms with Gasteiger partial charge in [-0.25, -0.2) is 0 Å². The summed E-state index contributed by atoms with van der Waals surface area (Å²) in [7, 11) is -4.25. The molecule has 0 saturated carbocycles. The summed E-state index contributed by atoms with van der Waals surface area (Å²) >= 11 is 0. The molecule has 0 spiro atoms.